The summed E-state index contributed by atoms with van der Waals surface area (Å²) < 4.78 is 0. The van der Waals surface area contributed by atoms with Crippen molar-refractivity contribution in [3.05, 3.63) is 0 Å². The second-order valence-electron chi connectivity index (χ2n) is 5.56. The monoisotopic (exact) mass is 659 g/mol. The van der Waals surface area contributed by atoms with Gasteiger partial charge in [-0.1, -0.05) is 0 Å². The van der Waals surface area contributed by atoms with Crippen molar-refractivity contribution in [1.82, 2.24) is 14.7 Å². The Kier molecular flexibility index (Phi) is 33.2. The van der Waals surface area contributed by atoms with Crippen molar-refractivity contribution >= 4 is 29.8 Å². The van der Waals surface area contributed by atoms with Gasteiger partial charge in [0.05, 0.1) is 29.8 Å². The van der Waals surface area contributed by atoms with Crippen molar-refractivity contribution in [1.29, 1.82) is 0 Å². The Bertz CT molecular complexity index is 502. The van der Waals surface area contributed by atoms with Gasteiger partial charge in [0.15, 0.2) is 0 Å². The summed E-state index contributed by atoms with van der Waals surface area (Å²) in [5, 5.41) is 53.3. The number of aliphatic carboxylic acids is 5. The van der Waals surface area contributed by atoms with Crippen molar-refractivity contribution in [3.63, 3.8) is 0 Å². The van der Waals surface area contributed by atoms with Crippen molar-refractivity contribution in [2.75, 3.05) is 58.9 Å². The van der Waals surface area contributed by atoms with E-state index in [2.05, 4.69) is 0 Å². The van der Waals surface area contributed by atoms with E-state index in [1.807, 2.05) is 0 Å². The third-order valence-electron chi connectivity index (χ3n) is 3.23. The topological polar surface area (TPSA) is 210 Å². The molecule has 0 radical (unpaired) electrons. The first-order valence-electron chi connectivity index (χ1n) is 7.66. The molecule has 13 nitrogen and oxygen atoms in total. The molecule has 0 aromatic carbocycles. The first-order valence-corrected chi connectivity index (χ1v) is 7.66. The van der Waals surface area contributed by atoms with E-state index < -0.39 is 62.6 Å². The Morgan fingerprint density at radius 3 is 0.774 bits per heavy atom. The SMILES string of the molecule is O=C([O-])CN(CCN(CC(=O)[O-])CC(=O)[O-])CCN(CC(=O)[O-])CC(=O)[O-].[Hg+2].[Na+].[Na+].[Na+]. The third kappa shape index (κ3) is 27.3. The normalized spacial score (nSPS) is 9.65. The van der Waals surface area contributed by atoms with E-state index >= 15 is 0 Å². The average Bonchev–Trinajstić information content (AvgIpc) is 2.46. The van der Waals surface area contributed by atoms with E-state index in [4.69, 9.17) is 0 Å². The number of carboxylic acid groups (broad SMARTS) is 5. The molecule has 0 bridgehead atoms. The molecule has 0 aromatic heterocycles. The molecule has 0 saturated carbocycles. The quantitative estimate of drug-likeness (QED) is 0.141. The Balaban J connectivity index is -0.000000563. The van der Waals surface area contributed by atoms with Crippen LogP contribution < -0.4 is 114 Å². The molecule has 0 rings (SSSR count). The van der Waals surface area contributed by atoms with E-state index in [1.165, 1.54) is 4.90 Å². The summed E-state index contributed by atoms with van der Waals surface area (Å²) in [4.78, 5) is 56.4. The van der Waals surface area contributed by atoms with Gasteiger partial charge in [0.2, 0.25) is 0 Å². The number of carboxylic acids is 5. The summed E-state index contributed by atoms with van der Waals surface area (Å²) in [7, 11) is 0. The summed E-state index contributed by atoms with van der Waals surface area (Å²) in [5.74, 6) is -7.67. The average molecular weight is 658 g/mol. The molecule has 0 heterocycles. The van der Waals surface area contributed by atoms with E-state index in [0.29, 0.717) is 0 Å². The van der Waals surface area contributed by atoms with Gasteiger partial charge in [0, 0.05) is 58.9 Å². The minimum atomic E-state index is -1.54. The summed E-state index contributed by atoms with van der Waals surface area (Å²) in [6, 6.07) is 0. The first-order chi connectivity index (χ1) is 12.5. The molecule has 0 atom stereocenters. The molecule has 0 aromatic rings. The second-order valence-corrected chi connectivity index (χ2v) is 5.56. The Morgan fingerprint density at radius 1 is 0.419 bits per heavy atom. The fraction of sp³-hybridized carbons (Fsp3) is 0.643. The van der Waals surface area contributed by atoms with Crippen LogP contribution in [0.3, 0.4) is 0 Å². The maximum atomic E-state index is 10.8. The Hall–Kier alpha value is 1.17. The van der Waals surface area contributed by atoms with Crippen molar-refractivity contribution in [2.45, 2.75) is 0 Å². The molecule has 0 unspecified atom stereocenters. The molecule has 0 fully saturated rings. The predicted molar refractivity (Wildman–Crippen MR) is 74.4 cm³/mol. The van der Waals surface area contributed by atoms with Crippen LogP contribution in [0.4, 0.5) is 0 Å². The van der Waals surface area contributed by atoms with Gasteiger partial charge < -0.3 is 49.5 Å². The summed E-state index contributed by atoms with van der Waals surface area (Å²) in [6.07, 6.45) is 0. The number of rotatable bonds is 16. The van der Waals surface area contributed by atoms with Gasteiger partial charge in [-0.15, -0.1) is 0 Å². The maximum Gasteiger partial charge on any atom is 2.00 e. The van der Waals surface area contributed by atoms with Gasteiger partial charge in [-0.25, -0.2) is 0 Å². The van der Waals surface area contributed by atoms with Gasteiger partial charge >= 0.3 is 116 Å². The molecule has 0 amide bonds. The van der Waals surface area contributed by atoms with Crippen LogP contribution in [0.25, 0.3) is 0 Å². The van der Waals surface area contributed by atoms with E-state index in [9.17, 15) is 49.5 Å². The molecule has 0 saturated heterocycles. The second kappa shape index (κ2) is 24.3. The molecule has 0 N–H and O–H groups in total. The van der Waals surface area contributed by atoms with Crippen LogP contribution in [-0.2, 0) is 51.6 Å². The van der Waals surface area contributed by atoms with Crippen LogP contribution in [0.5, 0.6) is 0 Å². The summed E-state index contributed by atoms with van der Waals surface area (Å²) in [6.45, 7) is -4.16. The minimum absolute atomic E-state index is 0. The number of carbonyl (C=O) groups excluding carboxylic acids is 5. The number of hydrogen-bond acceptors (Lipinski definition) is 13. The number of hydrogen-bond donors (Lipinski definition) is 0. The molecule has 0 spiro atoms. The van der Waals surface area contributed by atoms with Gasteiger partial charge in [-0.05, 0) is 0 Å². The zero-order valence-corrected chi connectivity index (χ0v) is 29.5. The molecule has 0 aliphatic heterocycles. The van der Waals surface area contributed by atoms with Crippen molar-refractivity contribution in [3.8, 4) is 0 Å². The van der Waals surface area contributed by atoms with Gasteiger partial charge in [0.25, 0.3) is 0 Å². The fourth-order valence-corrected chi connectivity index (χ4v) is 2.18. The Morgan fingerprint density at radius 2 is 0.581 bits per heavy atom. The van der Waals surface area contributed by atoms with Crippen LogP contribution in [0, 0.1) is 0 Å². The van der Waals surface area contributed by atoms with E-state index in [-0.39, 0.29) is 143 Å². The van der Waals surface area contributed by atoms with E-state index in [1.54, 1.807) is 0 Å². The van der Waals surface area contributed by atoms with Crippen LogP contribution >= 0.6 is 0 Å². The van der Waals surface area contributed by atoms with Crippen molar-refractivity contribution in [2.24, 2.45) is 0 Å². The van der Waals surface area contributed by atoms with Crippen LogP contribution in [0.15, 0.2) is 0 Å². The third-order valence-corrected chi connectivity index (χ3v) is 3.23. The van der Waals surface area contributed by atoms with Gasteiger partial charge in [0.1, 0.15) is 0 Å². The number of nitrogens with zero attached hydrogens (tertiary/aromatic N) is 3. The molecule has 154 valence electrons. The van der Waals surface area contributed by atoms with Crippen LogP contribution in [0.2, 0.25) is 0 Å². The smallest absolute Gasteiger partial charge is 0.549 e. The predicted octanol–water partition coefficient (Wildman–Crippen LogP) is -18.3. The molecular weight excluding hydrogens is 640 g/mol. The number of carbonyl (C=O) groups is 5. The van der Waals surface area contributed by atoms with Crippen LogP contribution in [0.1, 0.15) is 0 Å². The zero-order valence-electron chi connectivity index (χ0n) is 18.0. The fourth-order valence-electron chi connectivity index (χ4n) is 2.18. The Labute approximate surface area is 265 Å². The maximum absolute atomic E-state index is 10.8. The van der Waals surface area contributed by atoms with Crippen molar-refractivity contribution < 1.29 is 166 Å². The minimum Gasteiger partial charge on any atom is -0.549 e. The van der Waals surface area contributed by atoms with Gasteiger partial charge in [-0.3, -0.25) is 14.7 Å². The van der Waals surface area contributed by atoms with E-state index in [0.717, 1.165) is 9.80 Å². The standard InChI is InChI=1S/C14H23N3O10.Hg.3Na/c18-10(19)5-15(1-3-16(6-11(20)21)7-12(22)23)2-4-17(8-13(24)25)9-14(26)27;;;;/h1-9H2,(H,18,19)(H,20,21)(H,22,23)(H,24,25)(H,26,27);;;;/q;+2;3*+1/p-5. The molecule has 0 aliphatic carbocycles. The van der Waals surface area contributed by atoms with Crippen LogP contribution in [-0.4, -0.2) is 103 Å². The molecule has 17 heteroatoms. The largest absolute Gasteiger partial charge is 2.00 e. The zero-order chi connectivity index (χ0) is 21.0. The molecule has 0 aliphatic rings. The first kappa shape index (κ1) is 42.3. The summed E-state index contributed by atoms with van der Waals surface area (Å²) in [5.41, 5.74) is 0. The van der Waals surface area contributed by atoms with Gasteiger partial charge in [-0.2, -0.15) is 0 Å². The molecule has 31 heavy (non-hydrogen) atoms. The summed E-state index contributed by atoms with van der Waals surface area (Å²) >= 11 is 0. The molecular formula is C14H18HgN3Na3O10.